The number of hydrogen-bond donors (Lipinski definition) is 0. The van der Waals surface area contributed by atoms with Gasteiger partial charge in [-0.2, -0.15) is 0 Å². The highest BCUT2D eigenvalue weighted by atomic mass is 28.4. The Bertz CT molecular complexity index is 694. The van der Waals surface area contributed by atoms with Crippen molar-refractivity contribution in [3.8, 4) is 5.75 Å². The highest BCUT2D eigenvalue weighted by Crippen LogP contribution is 2.37. The van der Waals surface area contributed by atoms with E-state index in [0.717, 1.165) is 23.6 Å². The molecule has 0 spiro atoms. The van der Waals surface area contributed by atoms with Gasteiger partial charge in [0.1, 0.15) is 5.75 Å². The molecule has 4 heteroatoms. The highest BCUT2D eigenvalue weighted by molar-refractivity contribution is 6.74. The predicted octanol–water partition coefficient (Wildman–Crippen LogP) is 5.72. The van der Waals surface area contributed by atoms with Crippen molar-refractivity contribution in [1.29, 1.82) is 0 Å². The molecule has 3 nitrogen and oxygen atoms in total. The molecule has 134 valence electrons. The molecule has 1 aromatic rings. The molecule has 25 heavy (non-hydrogen) atoms. The molecule has 0 bridgehead atoms. The SMILES string of the molecule is CC(C)(C)[Si](C)(C)Oc1ccc(C[C@H]2COC(=C3C=CC=C3)[N-]2)cc1. The van der Waals surface area contributed by atoms with Gasteiger partial charge in [-0.1, -0.05) is 63.2 Å². The fourth-order valence-electron chi connectivity index (χ4n) is 2.61. The van der Waals surface area contributed by atoms with Crippen LogP contribution in [0.4, 0.5) is 0 Å². The Morgan fingerprint density at radius 3 is 2.36 bits per heavy atom. The molecular formula is C21H28NO2Si-. The summed E-state index contributed by atoms with van der Waals surface area (Å²) < 4.78 is 12.1. The molecule has 0 unspecified atom stereocenters. The summed E-state index contributed by atoms with van der Waals surface area (Å²) in [5.74, 6) is 1.74. The van der Waals surface area contributed by atoms with Crippen molar-refractivity contribution < 1.29 is 9.16 Å². The third-order valence-electron chi connectivity index (χ3n) is 5.20. The van der Waals surface area contributed by atoms with E-state index in [1.165, 1.54) is 5.56 Å². The van der Waals surface area contributed by atoms with Gasteiger partial charge in [0, 0.05) is 5.88 Å². The number of ether oxygens (including phenoxy) is 1. The monoisotopic (exact) mass is 354 g/mol. The quantitative estimate of drug-likeness (QED) is 0.647. The zero-order valence-corrected chi connectivity index (χ0v) is 16.9. The molecule has 0 radical (unpaired) electrons. The Morgan fingerprint density at radius 1 is 1.12 bits per heavy atom. The lowest BCUT2D eigenvalue weighted by molar-refractivity contribution is 0.254. The molecule has 1 aliphatic carbocycles. The lowest BCUT2D eigenvalue weighted by atomic mass is 10.1. The van der Waals surface area contributed by atoms with Gasteiger partial charge in [0.15, 0.2) is 0 Å². The van der Waals surface area contributed by atoms with Gasteiger partial charge in [-0.05, 0) is 47.8 Å². The first-order valence-corrected chi connectivity index (χ1v) is 11.9. The van der Waals surface area contributed by atoms with Crippen LogP contribution in [0.1, 0.15) is 26.3 Å². The van der Waals surface area contributed by atoms with Gasteiger partial charge >= 0.3 is 0 Å². The first kappa shape index (κ1) is 17.9. The lowest BCUT2D eigenvalue weighted by Gasteiger charge is -2.36. The zero-order chi connectivity index (χ0) is 18.1. The molecule has 0 N–H and O–H groups in total. The van der Waals surface area contributed by atoms with Crippen LogP contribution >= 0.6 is 0 Å². The van der Waals surface area contributed by atoms with Crippen LogP contribution in [-0.2, 0) is 11.2 Å². The average molecular weight is 355 g/mol. The summed E-state index contributed by atoms with van der Waals surface area (Å²) in [4.78, 5) is 0. The van der Waals surface area contributed by atoms with Gasteiger partial charge in [-0.3, -0.25) is 0 Å². The molecule has 2 aliphatic rings. The van der Waals surface area contributed by atoms with E-state index in [1.807, 2.05) is 24.3 Å². The maximum atomic E-state index is 6.34. The first-order valence-electron chi connectivity index (χ1n) is 8.95. The zero-order valence-electron chi connectivity index (χ0n) is 15.9. The minimum atomic E-state index is -1.78. The molecule has 1 heterocycles. The smallest absolute Gasteiger partial charge is 0.250 e. The molecule has 3 rings (SSSR count). The number of hydrogen-bond acceptors (Lipinski definition) is 2. The molecule has 0 saturated carbocycles. The van der Waals surface area contributed by atoms with Crippen molar-refractivity contribution in [2.75, 3.05) is 6.61 Å². The second kappa shape index (κ2) is 6.75. The van der Waals surface area contributed by atoms with Crippen LogP contribution in [0.3, 0.4) is 0 Å². The summed E-state index contributed by atoms with van der Waals surface area (Å²) in [7, 11) is -1.78. The summed E-state index contributed by atoms with van der Waals surface area (Å²) >= 11 is 0. The van der Waals surface area contributed by atoms with E-state index >= 15 is 0 Å². The molecule has 1 saturated heterocycles. The Balaban J connectivity index is 1.59. The van der Waals surface area contributed by atoms with E-state index in [-0.39, 0.29) is 11.1 Å². The second-order valence-corrected chi connectivity index (χ2v) is 13.0. The van der Waals surface area contributed by atoms with Gasteiger partial charge in [-0.15, -0.1) is 0 Å². The third-order valence-corrected chi connectivity index (χ3v) is 9.55. The molecule has 0 amide bonds. The summed E-state index contributed by atoms with van der Waals surface area (Å²) in [5, 5.41) is 4.92. The van der Waals surface area contributed by atoms with E-state index in [1.54, 1.807) is 0 Å². The Morgan fingerprint density at radius 2 is 1.76 bits per heavy atom. The largest absolute Gasteiger partial charge is 0.648 e. The topological polar surface area (TPSA) is 32.6 Å². The highest BCUT2D eigenvalue weighted by Gasteiger charge is 2.38. The summed E-state index contributed by atoms with van der Waals surface area (Å²) in [5.41, 5.74) is 2.34. The molecule has 0 aromatic heterocycles. The van der Waals surface area contributed by atoms with Crippen LogP contribution in [0.2, 0.25) is 18.1 Å². The molecular weight excluding hydrogens is 326 g/mol. The molecule has 1 aliphatic heterocycles. The van der Waals surface area contributed by atoms with E-state index < -0.39 is 8.32 Å². The third kappa shape index (κ3) is 4.18. The van der Waals surface area contributed by atoms with Crippen molar-refractivity contribution in [2.24, 2.45) is 0 Å². The van der Waals surface area contributed by atoms with Crippen LogP contribution in [-0.4, -0.2) is 21.0 Å². The first-order chi connectivity index (χ1) is 11.7. The van der Waals surface area contributed by atoms with Gasteiger partial charge < -0.3 is 14.5 Å². The molecule has 1 atom stereocenters. The van der Waals surface area contributed by atoms with E-state index in [9.17, 15) is 0 Å². The van der Waals surface area contributed by atoms with Crippen molar-refractivity contribution >= 4 is 8.32 Å². The van der Waals surface area contributed by atoms with E-state index in [2.05, 4.69) is 58.1 Å². The van der Waals surface area contributed by atoms with E-state index in [4.69, 9.17) is 14.5 Å². The van der Waals surface area contributed by atoms with Gasteiger partial charge in [0.05, 0.1) is 6.61 Å². The minimum Gasteiger partial charge on any atom is -0.648 e. The van der Waals surface area contributed by atoms with Crippen LogP contribution in [0, 0.1) is 0 Å². The summed E-state index contributed by atoms with van der Waals surface area (Å²) in [6.07, 6.45) is 8.98. The van der Waals surface area contributed by atoms with Gasteiger partial charge in [0.25, 0.3) is 0 Å². The number of rotatable bonds is 4. The Hall–Kier alpha value is -1.94. The van der Waals surface area contributed by atoms with Gasteiger partial charge in [-0.25, -0.2) is 0 Å². The van der Waals surface area contributed by atoms with Crippen LogP contribution in [0.5, 0.6) is 5.75 Å². The van der Waals surface area contributed by atoms with Gasteiger partial charge in [0.2, 0.25) is 8.32 Å². The number of benzene rings is 1. The number of allylic oxidation sites excluding steroid dienone is 5. The average Bonchev–Trinajstić information content (AvgIpc) is 3.19. The van der Waals surface area contributed by atoms with E-state index in [0.29, 0.717) is 6.61 Å². The van der Waals surface area contributed by atoms with Crippen LogP contribution in [0.15, 0.2) is 60.0 Å². The molecule has 1 fully saturated rings. The van der Waals surface area contributed by atoms with Crippen LogP contribution < -0.4 is 4.43 Å². The standard InChI is InChI=1S/C21H28NO2Si/c1-21(2,3)25(4,5)24-19-12-10-16(11-13-19)14-18-15-23-20(22-18)17-8-6-7-9-17/h6-13,18H,14-15H2,1-5H3/q-1/t18-/m0/s1. The van der Waals surface area contributed by atoms with Crippen molar-refractivity contribution in [3.63, 3.8) is 0 Å². The lowest BCUT2D eigenvalue weighted by Crippen LogP contribution is -2.43. The maximum Gasteiger partial charge on any atom is 0.250 e. The fourth-order valence-corrected chi connectivity index (χ4v) is 3.64. The molecule has 1 aromatic carbocycles. The second-order valence-electron chi connectivity index (χ2n) is 8.28. The minimum absolute atomic E-state index is 0.192. The summed E-state index contributed by atoms with van der Waals surface area (Å²) in [6, 6.07) is 8.68. The Labute approximate surface area is 152 Å². The van der Waals surface area contributed by atoms with Crippen molar-refractivity contribution in [1.82, 2.24) is 0 Å². The maximum absolute atomic E-state index is 6.34. The predicted molar refractivity (Wildman–Crippen MR) is 106 cm³/mol. The van der Waals surface area contributed by atoms with Crippen molar-refractivity contribution in [2.45, 2.75) is 51.4 Å². The normalized spacial score (nSPS) is 20.0. The fraction of sp³-hybridized carbons (Fsp3) is 0.429. The van der Waals surface area contributed by atoms with Crippen LogP contribution in [0.25, 0.3) is 5.32 Å². The Kier molecular flexibility index (Phi) is 4.83. The summed E-state index contributed by atoms with van der Waals surface area (Å²) in [6.45, 7) is 12.0. The number of nitrogens with zero attached hydrogens (tertiary/aromatic N) is 1. The van der Waals surface area contributed by atoms with Crippen molar-refractivity contribution in [3.05, 3.63) is 70.9 Å².